The van der Waals surface area contributed by atoms with Gasteiger partial charge in [0, 0.05) is 20.6 Å². The molecule has 90 valence electrons. The zero-order valence-corrected chi connectivity index (χ0v) is 10.0. The Morgan fingerprint density at radius 1 is 1.35 bits per heavy atom. The lowest BCUT2D eigenvalue weighted by Crippen LogP contribution is -2.39. The fourth-order valence-electron chi connectivity index (χ4n) is 1.77. The molecule has 0 aliphatic rings. The molecular formula is C11H14N4O2. The summed E-state index contributed by atoms with van der Waals surface area (Å²) in [6.45, 7) is 2.13. The number of aryl methyl sites for hydroxylation is 2. The van der Waals surface area contributed by atoms with Crippen LogP contribution in [0.15, 0.2) is 28.1 Å². The van der Waals surface area contributed by atoms with Crippen LogP contribution in [-0.4, -0.2) is 18.7 Å². The van der Waals surface area contributed by atoms with E-state index in [1.54, 1.807) is 30.8 Å². The summed E-state index contributed by atoms with van der Waals surface area (Å²) in [5.41, 5.74) is 0.205. The van der Waals surface area contributed by atoms with E-state index in [2.05, 4.69) is 4.98 Å². The van der Waals surface area contributed by atoms with Crippen molar-refractivity contribution in [3.8, 4) is 0 Å². The fourth-order valence-corrected chi connectivity index (χ4v) is 1.77. The third kappa shape index (κ3) is 1.61. The van der Waals surface area contributed by atoms with Gasteiger partial charge in [-0.25, -0.2) is 9.78 Å². The highest BCUT2D eigenvalue weighted by Gasteiger charge is 2.13. The largest absolute Gasteiger partial charge is 0.332 e. The lowest BCUT2D eigenvalue weighted by Gasteiger charge is -2.06. The maximum atomic E-state index is 12.1. The van der Waals surface area contributed by atoms with Gasteiger partial charge in [0.2, 0.25) is 0 Å². The number of hydrogen-bond acceptors (Lipinski definition) is 3. The van der Waals surface area contributed by atoms with Gasteiger partial charge >= 0.3 is 5.69 Å². The second-order valence-electron chi connectivity index (χ2n) is 3.85. The summed E-state index contributed by atoms with van der Waals surface area (Å²) >= 11 is 0. The van der Waals surface area contributed by atoms with Gasteiger partial charge < -0.3 is 4.57 Å². The predicted octanol–water partition coefficient (Wildman–Crippen LogP) is 0.00980. The van der Waals surface area contributed by atoms with Crippen molar-refractivity contribution in [2.24, 2.45) is 14.1 Å². The number of aromatic nitrogens is 4. The Morgan fingerprint density at radius 2 is 2.06 bits per heavy atom. The summed E-state index contributed by atoms with van der Waals surface area (Å²) in [6, 6.07) is 0. The lowest BCUT2D eigenvalue weighted by atomic mass is 10.4. The van der Waals surface area contributed by atoms with Crippen molar-refractivity contribution in [2.45, 2.75) is 13.5 Å². The molecule has 0 N–H and O–H groups in total. The number of imidazole rings is 1. The van der Waals surface area contributed by atoms with Crippen molar-refractivity contribution in [3.05, 3.63) is 39.3 Å². The monoisotopic (exact) mass is 234 g/mol. The van der Waals surface area contributed by atoms with Gasteiger partial charge in [0.25, 0.3) is 5.56 Å². The van der Waals surface area contributed by atoms with Crippen LogP contribution in [0.4, 0.5) is 0 Å². The van der Waals surface area contributed by atoms with Crippen LogP contribution < -0.4 is 11.2 Å². The first-order valence-corrected chi connectivity index (χ1v) is 5.30. The minimum Gasteiger partial charge on any atom is -0.328 e. The zero-order chi connectivity index (χ0) is 12.6. The van der Waals surface area contributed by atoms with E-state index >= 15 is 0 Å². The van der Waals surface area contributed by atoms with E-state index in [1.165, 1.54) is 15.5 Å². The van der Waals surface area contributed by atoms with Crippen LogP contribution in [0.3, 0.4) is 0 Å². The van der Waals surface area contributed by atoms with Crippen LogP contribution in [0.25, 0.3) is 11.2 Å². The second kappa shape index (κ2) is 4.04. The Labute approximate surface area is 97.4 Å². The summed E-state index contributed by atoms with van der Waals surface area (Å²) < 4.78 is 4.22. The van der Waals surface area contributed by atoms with Gasteiger partial charge in [-0.05, 0) is 6.92 Å². The minimum absolute atomic E-state index is 0.281. The quantitative estimate of drug-likeness (QED) is 0.688. The Bertz CT molecular complexity index is 703. The Balaban J connectivity index is 2.89. The van der Waals surface area contributed by atoms with E-state index in [1.807, 2.05) is 6.92 Å². The molecule has 0 aliphatic carbocycles. The van der Waals surface area contributed by atoms with Crippen molar-refractivity contribution in [1.82, 2.24) is 18.7 Å². The molecule has 0 aliphatic heterocycles. The standard InChI is InChI=1S/C11H14N4O2/c1-4-5-6-15-10(16)8-9(12-7-13(8)2)14(3)11(15)17/h4-5,7H,6H2,1-3H3/b5-4+. The fraction of sp³-hybridized carbons (Fsp3) is 0.364. The molecule has 0 atom stereocenters. The second-order valence-corrected chi connectivity index (χ2v) is 3.85. The van der Waals surface area contributed by atoms with Crippen molar-refractivity contribution < 1.29 is 0 Å². The molecule has 0 bridgehead atoms. The third-order valence-electron chi connectivity index (χ3n) is 2.72. The highest BCUT2D eigenvalue weighted by atomic mass is 16.2. The van der Waals surface area contributed by atoms with Crippen molar-refractivity contribution in [1.29, 1.82) is 0 Å². The summed E-state index contributed by atoms with van der Waals surface area (Å²) in [6.07, 6.45) is 5.11. The first-order valence-electron chi connectivity index (χ1n) is 5.30. The first kappa shape index (κ1) is 11.4. The molecule has 0 unspecified atom stereocenters. The maximum Gasteiger partial charge on any atom is 0.332 e. The molecule has 2 rings (SSSR count). The SMILES string of the molecule is C/C=C/Cn1c(=O)c2c(ncn2C)n(C)c1=O. The van der Waals surface area contributed by atoms with Gasteiger partial charge in [-0.3, -0.25) is 13.9 Å². The number of allylic oxidation sites excluding steroid dienone is 2. The summed E-state index contributed by atoms with van der Waals surface area (Å²) in [4.78, 5) is 28.2. The molecule has 6 heteroatoms. The van der Waals surface area contributed by atoms with Crippen LogP contribution in [0.1, 0.15) is 6.92 Å². The highest BCUT2D eigenvalue weighted by Crippen LogP contribution is 2.02. The van der Waals surface area contributed by atoms with Crippen LogP contribution >= 0.6 is 0 Å². The first-order chi connectivity index (χ1) is 8.07. The predicted molar refractivity (Wildman–Crippen MR) is 65.0 cm³/mol. The lowest BCUT2D eigenvalue weighted by molar-refractivity contribution is 0.664. The number of rotatable bonds is 2. The molecule has 0 saturated heterocycles. The van der Waals surface area contributed by atoms with E-state index in [0.29, 0.717) is 11.2 Å². The summed E-state index contributed by atoms with van der Waals surface area (Å²) in [5, 5.41) is 0. The van der Waals surface area contributed by atoms with E-state index < -0.39 is 0 Å². The summed E-state index contributed by atoms with van der Waals surface area (Å²) in [5.74, 6) is 0. The molecule has 0 amide bonds. The molecule has 2 aromatic heterocycles. The third-order valence-corrected chi connectivity index (χ3v) is 2.72. The minimum atomic E-state index is -0.348. The van der Waals surface area contributed by atoms with Gasteiger partial charge in [-0.2, -0.15) is 0 Å². The Kier molecular flexibility index (Phi) is 2.71. The van der Waals surface area contributed by atoms with Gasteiger partial charge in [-0.1, -0.05) is 12.2 Å². The molecule has 17 heavy (non-hydrogen) atoms. The van der Waals surface area contributed by atoms with Crippen molar-refractivity contribution in [3.63, 3.8) is 0 Å². The highest BCUT2D eigenvalue weighted by molar-refractivity contribution is 5.69. The molecule has 2 heterocycles. The van der Waals surface area contributed by atoms with Crippen LogP contribution in [0.2, 0.25) is 0 Å². The van der Waals surface area contributed by atoms with E-state index in [0.717, 1.165) is 0 Å². The van der Waals surface area contributed by atoms with Gasteiger partial charge in [0.1, 0.15) is 0 Å². The molecule has 6 nitrogen and oxygen atoms in total. The molecular weight excluding hydrogens is 220 g/mol. The molecule has 2 aromatic rings. The topological polar surface area (TPSA) is 61.8 Å². The normalized spacial score (nSPS) is 11.7. The van der Waals surface area contributed by atoms with Crippen molar-refractivity contribution >= 4 is 11.2 Å². The number of nitrogens with zero attached hydrogens (tertiary/aromatic N) is 4. The van der Waals surface area contributed by atoms with Gasteiger partial charge in [0.05, 0.1) is 6.33 Å². The number of hydrogen-bond donors (Lipinski definition) is 0. The maximum absolute atomic E-state index is 12.1. The summed E-state index contributed by atoms with van der Waals surface area (Å²) in [7, 11) is 3.35. The van der Waals surface area contributed by atoms with Crippen LogP contribution in [0.5, 0.6) is 0 Å². The Morgan fingerprint density at radius 3 is 2.71 bits per heavy atom. The smallest absolute Gasteiger partial charge is 0.328 e. The van der Waals surface area contributed by atoms with E-state index in [-0.39, 0.29) is 17.8 Å². The molecule has 0 radical (unpaired) electrons. The molecule has 0 fully saturated rings. The number of fused-ring (bicyclic) bond motifs is 1. The van der Waals surface area contributed by atoms with Gasteiger partial charge in [-0.15, -0.1) is 0 Å². The Hall–Kier alpha value is -2.11. The average Bonchev–Trinajstić information content (AvgIpc) is 2.69. The van der Waals surface area contributed by atoms with Gasteiger partial charge in [0.15, 0.2) is 11.2 Å². The van der Waals surface area contributed by atoms with Crippen LogP contribution in [-0.2, 0) is 20.6 Å². The average molecular weight is 234 g/mol. The van der Waals surface area contributed by atoms with E-state index in [9.17, 15) is 9.59 Å². The van der Waals surface area contributed by atoms with E-state index in [4.69, 9.17) is 0 Å². The van der Waals surface area contributed by atoms with Crippen molar-refractivity contribution in [2.75, 3.05) is 0 Å². The molecule has 0 spiro atoms. The van der Waals surface area contributed by atoms with Crippen LogP contribution in [0, 0.1) is 0 Å². The molecule has 0 saturated carbocycles. The molecule has 0 aromatic carbocycles. The zero-order valence-electron chi connectivity index (χ0n) is 10.0.